The molecule has 1 saturated heterocycles. The van der Waals surface area contributed by atoms with Crippen LogP contribution in [0.3, 0.4) is 0 Å². The van der Waals surface area contributed by atoms with Crippen LogP contribution < -0.4 is 5.56 Å². The van der Waals surface area contributed by atoms with E-state index in [2.05, 4.69) is 28.1 Å². The van der Waals surface area contributed by atoms with Crippen molar-refractivity contribution < 1.29 is 0 Å². The molecule has 5 rings (SSSR count). The zero-order chi connectivity index (χ0) is 16.8. The summed E-state index contributed by atoms with van der Waals surface area (Å²) in [5.74, 6) is 0. The molecule has 1 atom stereocenters. The fraction of sp³-hybridized carbons (Fsp3) is 0.278. The van der Waals surface area contributed by atoms with Crippen LogP contribution in [0.1, 0.15) is 29.6 Å². The van der Waals surface area contributed by atoms with Crippen molar-refractivity contribution >= 4 is 37.9 Å². The molecule has 1 unspecified atom stereocenters. The maximum absolute atomic E-state index is 12.2. The SMILES string of the molecule is O=c1cc(CN2CCCC2c2nc3ccccc3s2)nc2sccn12. The van der Waals surface area contributed by atoms with Crippen LogP contribution in [0.4, 0.5) is 0 Å². The monoisotopic (exact) mass is 368 g/mol. The Bertz CT molecular complexity index is 1080. The van der Waals surface area contributed by atoms with Crippen LogP contribution in [0, 0.1) is 0 Å². The number of thiazole rings is 2. The summed E-state index contributed by atoms with van der Waals surface area (Å²) in [7, 11) is 0. The molecule has 7 heteroatoms. The van der Waals surface area contributed by atoms with Gasteiger partial charge in [-0.15, -0.1) is 22.7 Å². The molecular weight excluding hydrogens is 352 g/mol. The van der Waals surface area contributed by atoms with E-state index in [1.807, 2.05) is 11.4 Å². The zero-order valence-corrected chi connectivity index (χ0v) is 15.1. The van der Waals surface area contributed by atoms with Crippen LogP contribution in [0.5, 0.6) is 0 Å². The van der Waals surface area contributed by atoms with E-state index in [-0.39, 0.29) is 5.56 Å². The second kappa shape index (κ2) is 6.01. The molecule has 0 amide bonds. The molecule has 1 aromatic carbocycles. The van der Waals surface area contributed by atoms with Crippen LogP contribution in [-0.4, -0.2) is 25.8 Å². The number of benzene rings is 1. The molecule has 3 aromatic heterocycles. The predicted molar refractivity (Wildman–Crippen MR) is 101 cm³/mol. The Balaban J connectivity index is 1.46. The predicted octanol–water partition coefficient (Wildman–Crippen LogP) is 3.70. The van der Waals surface area contributed by atoms with Gasteiger partial charge in [-0.3, -0.25) is 14.1 Å². The topological polar surface area (TPSA) is 50.5 Å². The number of hydrogen-bond donors (Lipinski definition) is 0. The molecule has 4 heterocycles. The van der Waals surface area contributed by atoms with E-state index < -0.39 is 0 Å². The summed E-state index contributed by atoms with van der Waals surface area (Å²) in [5.41, 5.74) is 1.92. The van der Waals surface area contributed by atoms with Crippen LogP contribution in [0.25, 0.3) is 15.2 Å². The van der Waals surface area contributed by atoms with E-state index >= 15 is 0 Å². The van der Waals surface area contributed by atoms with Crippen LogP contribution in [0.2, 0.25) is 0 Å². The first kappa shape index (κ1) is 15.2. The van der Waals surface area contributed by atoms with E-state index in [9.17, 15) is 4.79 Å². The summed E-state index contributed by atoms with van der Waals surface area (Å²) >= 11 is 3.28. The van der Waals surface area contributed by atoms with Crippen LogP contribution in [-0.2, 0) is 6.54 Å². The Morgan fingerprint density at radius 1 is 1.24 bits per heavy atom. The Labute approximate surface area is 152 Å². The second-order valence-electron chi connectivity index (χ2n) is 6.29. The third-order valence-corrected chi connectivity index (χ3v) is 6.57. The molecule has 4 aromatic rings. The van der Waals surface area contributed by atoms with Gasteiger partial charge in [0.05, 0.1) is 22.0 Å². The molecule has 0 radical (unpaired) electrons. The van der Waals surface area contributed by atoms with Gasteiger partial charge in [-0.1, -0.05) is 12.1 Å². The Hall–Kier alpha value is -2.09. The third kappa shape index (κ3) is 2.68. The number of rotatable bonds is 3. The van der Waals surface area contributed by atoms with Gasteiger partial charge in [-0.05, 0) is 31.5 Å². The van der Waals surface area contributed by atoms with Gasteiger partial charge in [0.1, 0.15) is 5.01 Å². The van der Waals surface area contributed by atoms with Crippen molar-refractivity contribution in [2.45, 2.75) is 25.4 Å². The first-order chi connectivity index (χ1) is 12.3. The molecule has 5 nitrogen and oxygen atoms in total. The van der Waals surface area contributed by atoms with E-state index in [1.54, 1.807) is 28.0 Å². The summed E-state index contributed by atoms with van der Waals surface area (Å²) < 4.78 is 2.84. The minimum atomic E-state index is -0.00279. The quantitative estimate of drug-likeness (QED) is 0.553. The van der Waals surface area contributed by atoms with Crippen molar-refractivity contribution in [1.29, 1.82) is 0 Å². The molecule has 0 spiro atoms. The summed E-state index contributed by atoms with van der Waals surface area (Å²) in [6, 6.07) is 10.3. The van der Waals surface area contributed by atoms with Gasteiger partial charge in [0.25, 0.3) is 5.56 Å². The summed E-state index contributed by atoms with van der Waals surface area (Å²) in [6.45, 7) is 1.72. The summed E-state index contributed by atoms with van der Waals surface area (Å²) in [6.07, 6.45) is 4.04. The minimum absolute atomic E-state index is 0.00279. The summed E-state index contributed by atoms with van der Waals surface area (Å²) in [4.78, 5) is 24.9. The van der Waals surface area contributed by atoms with Gasteiger partial charge in [-0.25, -0.2) is 9.97 Å². The molecule has 1 fully saturated rings. The maximum Gasteiger partial charge on any atom is 0.258 e. The summed E-state index contributed by atoms with van der Waals surface area (Å²) in [5, 5.41) is 3.07. The first-order valence-electron chi connectivity index (χ1n) is 8.33. The molecule has 1 aliphatic rings. The van der Waals surface area contributed by atoms with Gasteiger partial charge in [-0.2, -0.15) is 0 Å². The van der Waals surface area contributed by atoms with Gasteiger partial charge in [0.2, 0.25) is 0 Å². The Morgan fingerprint density at radius 3 is 3.08 bits per heavy atom. The van der Waals surface area contributed by atoms with Crippen LogP contribution in [0.15, 0.2) is 46.7 Å². The standard InChI is InChI=1S/C18H16N4OS2/c23-16-10-12(19-18-22(16)8-9-24-18)11-21-7-3-5-14(21)17-20-13-4-1-2-6-15(13)25-17/h1-2,4,6,8-10,14H,3,5,7,11H2. The molecule has 1 aliphatic heterocycles. The fourth-order valence-electron chi connectivity index (χ4n) is 3.50. The van der Waals surface area contributed by atoms with E-state index in [0.717, 1.165) is 35.6 Å². The number of hydrogen-bond acceptors (Lipinski definition) is 6. The van der Waals surface area contributed by atoms with E-state index in [1.165, 1.54) is 21.0 Å². The first-order valence-corrected chi connectivity index (χ1v) is 10.0. The van der Waals surface area contributed by atoms with Gasteiger partial charge in [0, 0.05) is 24.2 Å². The van der Waals surface area contributed by atoms with Crippen LogP contribution >= 0.6 is 22.7 Å². The fourth-order valence-corrected chi connectivity index (χ4v) is 5.38. The highest BCUT2D eigenvalue weighted by Crippen LogP contribution is 2.37. The van der Waals surface area contributed by atoms with Gasteiger partial charge >= 0.3 is 0 Å². The van der Waals surface area contributed by atoms with Crippen molar-refractivity contribution in [3.8, 4) is 0 Å². The average molecular weight is 368 g/mol. The molecule has 0 aliphatic carbocycles. The Morgan fingerprint density at radius 2 is 2.16 bits per heavy atom. The van der Waals surface area contributed by atoms with Crippen molar-refractivity contribution in [2.24, 2.45) is 0 Å². The van der Waals surface area contributed by atoms with E-state index in [4.69, 9.17) is 4.98 Å². The minimum Gasteiger partial charge on any atom is -0.288 e. The number of nitrogens with zero attached hydrogens (tertiary/aromatic N) is 4. The lowest BCUT2D eigenvalue weighted by Crippen LogP contribution is -2.25. The molecule has 0 N–H and O–H groups in total. The van der Waals surface area contributed by atoms with Crippen molar-refractivity contribution in [1.82, 2.24) is 19.3 Å². The number of fused-ring (bicyclic) bond motifs is 2. The average Bonchev–Trinajstić information content (AvgIpc) is 3.33. The smallest absolute Gasteiger partial charge is 0.258 e. The zero-order valence-electron chi connectivity index (χ0n) is 13.5. The van der Waals surface area contributed by atoms with Gasteiger partial charge in [0.15, 0.2) is 4.96 Å². The van der Waals surface area contributed by atoms with Crippen molar-refractivity contribution in [3.63, 3.8) is 0 Å². The lowest BCUT2D eigenvalue weighted by molar-refractivity contribution is 0.245. The van der Waals surface area contributed by atoms with Gasteiger partial charge < -0.3 is 0 Å². The third-order valence-electron chi connectivity index (χ3n) is 4.68. The molecular formula is C18H16N4OS2. The molecule has 0 saturated carbocycles. The normalized spacial score (nSPS) is 18.5. The number of likely N-dealkylation sites (tertiary alicyclic amines) is 1. The molecule has 25 heavy (non-hydrogen) atoms. The highest BCUT2D eigenvalue weighted by Gasteiger charge is 2.29. The number of aromatic nitrogens is 3. The lowest BCUT2D eigenvalue weighted by Gasteiger charge is -2.22. The number of para-hydroxylation sites is 1. The second-order valence-corrected chi connectivity index (χ2v) is 8.22. The van der Waals surface area contributed by atoms with Crippen molar-refractivity contribution in [3.05, 3.63) is 63.0 Å². The molecule has 126 valence electrons. The lowest BCUT2D eigenvalue weighted by atomic mass is 10.2. The highest BCUT2D eigenvalue weighted by atomic mass is 32.1. The largest absolute Gasteiger partial charge is 0.288 e. The Kier molecular flexibility index (Phi) is 3.65. The van der Waals surface area contributed by atoms with E-state index in [0.29, 0.717) is 12.6 Å². The molecule has 0 bridgehead atoms. The highest BCUT2D eigenvalue weighted by molar-refractivity contribution is 7.18. The van der Waals surface area contributed by atoms with Crippen molar-refractivity contribution in [2.75, 3.05) is 6.54 Å². The maximum atomic E-state index is 12.2.